The number of benzene rings is 9. The Balaban J connectivity index is 1.14. The Morgan fingerprint density at radius 1 is 0.368 bits per heavy atom. The minimum absolute atomic E-state index is 0.891. The van der Waals surface area contributed by atoms with Crippen LogP contribution in [-0.2, 0) is 0 Å². The van der Waals surface area contributed by atoms with Crippen molar-refractivity contribution in [3.05, 3.63) is 218 Å². The molecule has 3 nitrogen and oxygen atoms in total. The van der Waals surface area contributed by atoms with E-state index >= 15 is 0 Å². The van der Waals surface area contributed by atoms with Crippen LogP contribution >= 0.6 is 0 Å². The van der Waals surface area contributed by atoms with Crippen molar-refractivity contribution in [3.8, 4) is 39.1 Å². The number of fused-ring (bicyclic) bond motifs is 6. The highest BCUT2D eigenvalue weighted by Crippen LogP contribution is 2.48. The van der Waals surface area contributed by atoms with Crippen LogP contribution in [0.4, 0.5) is 17.1 Å². The van der Waals surface area contributed by atoms with Gasteiger partial charge in [-0.05, 0) is 76.9 Å². The Bertz CT molecular complexity index is 3250. The van der Waals surface area contributed by atoms with Crippen LogP contribution in [0.25, 0.3) is 82.8 Å². The molecule has 0 aliphatic heterocycles. The molecule has 11 rings (SSSR count). The van der Waals surface area contributed by atoms with E-state index in [1.165, 1.54) is 33.0 Å². The average Bonchev–Trinajstić information content (AvgIpc) is 3.84. The molecule has 2 heterocycles. The van der Waals surface area contributed by atoms with Gasteiger partial charge in [-0.2, -0.15) is 0 Å². The molecule has 0 aliphatic carbocycles. The molecule has 11 aromatic rings. The number of para-hydroxylation sites is 5. The maximum absolute atomic E-state index is 6.62. The summed E-state index contributed by atoms with van der Waals surface area (Å²) in [6, 6.07) is 78.0. The average molecular weight is 729 g/mol. The van der Waals surface area contributed by atoms with Crippen molar-refractivity contribution in [3.63, 3.8) is 0 Å². The van der Waals surface area contributed by atoms with Crippen LogP contribution in [0.1, 0.15) is 0 Å². The summed E-state index contributed by atoms with van der Waals surface area (Å²) in [5, 5.41) is 4.61. The molecule has 0 radical (unpaired) electrons. The number of nitrogens with zero attached hydrogens (tertiary/aromatic N) is 2. The lowest BCUT2D eigenvalue weighted by Gasteiger charge is -2.28. The van der Waals surface area contributed by atoms with Crippen LogP contribution in [0.2, 0.25) is 0 Å². The van der Waals surface area contributed by atoms with Crippen molar-refractivity contribution in [2.45, 2.75) is 0 Å². The predicted molar refractivity (Wildman–Crippen MR) is 239 cm³/mol. The van der Waals surface area contributed by atoms with E-state index in [-0.39, 0.29) is 0 Å². The van der Waals surface area contributed by atoms with E-state index in [2.05, 4.69) is 222 Å². The molecule has 0 bridgehead atoms. The number of hydrogen-bond donors (Lipinski definition) is 0. The number of aromatic nitrogens is 1. The second kappa shape index (κ2) is 13.6. The number of furan rings is 1. The fraction of sp³-hybridized carbons (Fsp3) is 0. The zero-order valence-corrected chi connectivity index (χ0v) is 31.1. The standard InChI is InChI=1S/C54H36N2O/c1-3-18-37(19-4-1)41-24-7-8-25-42(41)38-20-15-23-40(36-38)56-49-32-13-10-28-47(49)53-50(33-17-34-51(53)56)55(39-21-5-2-6-22-39)48-31-12-9-26-43(48)45-29-16-30-46-44-27-11-14-35-52(44)57-54(45)46/h1-36H. The van der Waals surface area contributed by atoms with E-state index in [1.807, 2.05) is 6.07 Å². The zero-order valence-electron chi connectivity index (χ0n) is 31.1. The van der Waals surface area contributed by atoms with Gasteiger partial charge in [-0.25, -0.2) is 0 Å². The van der Waals surface area contributed by atoms with E-state index in [0.717, 1.165) is 66.8 Å². The Kier molecular flexibility index (Phi) is 7.82. The van der Waals surface area contributed by atoms with Crippen LogP contribution in [0.15, 0.2) is 223 Å². The fourth-order valence-corrected chi connectivity index (χ4v) is 8.72. The van der Waals surface area contributed by atoms with E-state index in [1.54, 1.807) is 0 Å². The molecule has 9 aromatic carbocycles. The first kappa shape index (κ1) is 32.8. The number of anilines is 3. The van der Waals surface area contributed by atoms with Crippen LogP contribution < -0.4 is 4.90 Å². The lowest BCUT2D eigenvalue weighted by atomic mass is 9.94. The van der Waals surface area contributed by atoms with Gasteiger partial charge < -0.3 is 13.9 Å². The van der Waals surface area contributed by atoms with Gasteiger partial charge in [0.15, 0.2) is 0 Å². The van der Waals surface area contributed by atoms with E-state index < -0.39 is 0 Å². The SMILES string of the molecule is c1ccc(-c2ccccc2-c2cccc(-n3c4ccccc4c4c(N(c5ccccc5)c5ccccc5-c5cccc6c5oc5ccccc56)cccc43)c2)cc1. The highest BCUT2D eigenvalue weighted by molar-refractivity contribution is 6.17. The maximum atomic E-state index is 6.62. The third-order valence-electron chi connectivity index (χ3n) is 11.2. The van der Waals surface area contributed by atoms with Crippen molar-refractivity contribution in [2.24, 2.45) is 0 Å². The molecule has 2 aromatic heterocycles. The summed E-state index contributed by atoms with van der Waals surface area (Å²) in [6.45, 7) is 0. The molecule has 0 N–H and O–H groups in total. The molecule has 57 heavy (non-hydrogen) atoms. The molecular weight excluding hydrogens is 693 g/mol. The van der Waals surface area contributed by atoms with Crippen molar-refractivity contribution in [1.29, 1.82) is 0 Å². The molecule has 268 valence electrons. The second-order valence-electron chi connectivity index (χ2n) is 14.5. The van der Waals surface area contributed by atoms with E-state index in [4.69, 9.17) is 4.42 Å². The fourth-order valence-electron chi connectivity index (χ4n) is 8.72. The molecule has 0 amide bonds. The third-order valence-corrected chi connectivity index (χ3v) is 11.2. The molecule has 0 aliphatic rings. The molecule has 0 spiro atoms. The van der Waals surface area contributed by atoms with Gasteiger partial charge in [0, 0.05) is 44.0 Å². The predicted octanol–water partition coefficient (Wildman–Crippen LogP) is 15.2. The van der Waals surface area contributed by atoms with E-state index in [0.29, 0.717) is 0 Å². The monoisotopic (exact) mass is 728 g/mol. The highest BCUT2D eigenvalue weighted by Gasteiger charge is 2.24. The first-order valence-corrected chi connectivity index (χ1v) is 19.4. The smallest absolute Gasteiger partial charge is 0.143 e. The van der Waals surface area contributed by atoms with Gasteiger partial charge in [-0.15, -0.1) is 0 Å². The number of hydrogen-bond acceptors (Lipinski definition) is 2. The molecule has 0 unspecified atom stereocenters. The number of rotatable bonds is 7. The maximum Gasteiger partial charge on any atom is 0.143 e. The van der Waals surface area contributed by atoms with Gasteiger partial charge in [-0.3, -0.25) is 0 Å². The third kappa shape index (κ3) is 5.43. The Labute approximate surface area is 330 Å². The Hall–Kier alpha value is -7.62. The summed E-state index contributed by atoms with van der Waals surface area (Å²) in [4.78, 5) is 2.42. The highest BCUT2D eigenvalue weighted by atomic mass is 16.3. The van der Waals surface area contributed by atoms with Crippen LogP contribution in [0, 0.1) is 0 Å². The molecule has 0 saturated heterocycles. The van der Waals surface area contributed by atoms with Gasteiger partial charge in [0.05, 0.1) is 22.4 Å². The lowest BCUT2D eigenvalue weighted by Crippen LogP contribution is -2.11. The van der Waals surface area contributed by atoms with Gasteiger partial charge in [0.25, 0.3) is 0 Å². The van der Waals surface area contributed by atoms with Gasteiger partial charge in [0.1, 0.15) is 11.2 Å². The molecule has 0 atom stereocenters. The van der Waals surface area contributed by atoms with Crippen LogP contribution in [-0.4, -0.2) is 4.57 Å². The normalized spacial score (nSPS) is 11.5. The van der Waals surface area contributed by atoms with Gasteiger partial charge in [-0.1, -0.05) is 164 Å². The van der Waals surface area contributed by atoms with Gasteiger partial charge >= 0.3 is 0 Å². The van der Waals surface area contributed by atoms with E-state index in [9.17, 15) is 0 Å². The largest absolute Gasteiger partial charge is 0.455 e. The van der Waals surface area contributed by atoms with Crippen molar-refractivity contribution in [2.75, 3.05) is 4.90 Å². The Morgan fingerprint density at radius 3 is 1.77 bits per heavy atom. The van der Waals surface area contributed by atoms with Crippen LogP contribution in [0.3, 0.4) is 0 Å². The quantitative estimate of drug-likeness (QED) is 0.163. The van der Waals surface area contributed by atoms with Crippen molar-refractivity contribution in [1.82, 2.24) is 4.57 Å². The summed E-state index contributed by atoms with van der Waals surface area (Å²) in [6.07, 6.45) is 0. The summed E-state index contributed by atoms with van der Waals surface area (Å²) < 4.78 is 9.04. The summed E-state index contributed by atoms with van der Waals surface area (Å²) >= 11 is 0. The first-order valence-electron chi connectivity index (χ1n) is 19.4. The molecule has 0 saturated carbocycles. The summed E-state index contributed by atoms with van der Waals surface area (Å²) in [5.74, 6) is 0. The lowest BCUT2D eigenvalue weighted by molar-refractivity contribution is 0.670. The topological polar surface area (TPSA) is 21.3 Å². The molecular formula is C54H36N2O. The Morgan fingerprint density at radius 2 is 0.930 bits per heavy atom. The minimum atomic E-state index is 0.891. The van der Waals surface area contributed by atoms with Crippen molar-refractivity contribution < 1.29 is 4.42 Å². The first-order chi connectivity index (χ1) is 28.3. The second-order valence-corrected chi connectivity index (χ2v) is 14.5. The molecule has 0 fully saturated rings. The molecule has 3 heteroatoms. The summed E-state index contributed by atoms with van der Waals surface area (Å²) in [7, 11) is 0. The van der Waals surface area contributed by atoms with Crippen molar-refractivity contribution >= 4 is 60.8 Å². The zero-order chi connectivity index (χ0) is 37.7. The minimum Gasteiger partial charge on any atom is -0.455 e. The van der Waals surface area contributed by atoms with Gasteiger partial charge in [0.2, 0.25) is 0 Å². The van der Waals surface area contributed by atoms with Crippen LogP contribution in [0.5, 0.6) is 0 Å². The summed E-state index contributed by atoms with van der Waals surface area (Å²) in [5.41, 5.74) is 15.4.